The van der Waals surface area contributed by atoms with Gasteiger partial charge in [0.1, 0.15) is 5.75 Å². The first-order chi connectivity index (χ1) is 9.10. The maximum Gasteiger partial charge on any atom is 0.133 e. The van der Waals surface area contributed by atoms with Gasteiger partial charge in [-0.05, 0) is 73.5 Å². The van der Waals surface area contributed by atoms with Crippen LogP contribution in [0.5, 0.6) is 5.75 Å². The van der Waals surface area contributed by atoms with E-state index in [1.165, 1.54) is 31.5 Å². The number of likely N-dealkylation sites (tertiary alicyclic amines) is 1. The monoisotopic (exact) mass is 326 g/mol. The number of ether oxygens (including phenoxy) is 1. The van der Waals surface area contributed by atoms with Crippen molar-refractivity contribution < 1.29 is 4.74 Å². The Hall–Kier alpha value is -0.580. The van der Waals surface area contributed by atoms with Gasteiger partial charge in [0, 0.05) is 12.1 Å². The Kier molecular flexibility index (Phi) is 5.25. The van der Waals surface area contributed by atoms with Gasteiger partial charge in [-0.15, -0.1) is 0 Å². The van der Waals surface area contributed by atoms with Crippen LogP contribution in [0.2, 0.25) is 0 Å². The summed E-state index contributed by atoms with van der Waals surface area (Å²) in [6.07, 6.45) is 2.47. The third-order valence-corrected chi connectivity index (χ3v) is 4.50. The highest BCUT2D eigenvalue weighted by atomic mass is 79.9. The van der Waals surface area contributed by atoms with Gasteiger partial charge in [0.2, 0.25) is 0 Å². The first kappa shape index (κ1) is 14.8. The van der Waals surface area contributed by atoms with E-state index in [0.29, 0.717) is 12.1 Å². The Morgan fingerprint density at radius 3 is 2.63 bits per heavy atom. The lowest BCUT2D eigenvalue weighted by molar-refractivity contribution is 0.226. The third-order valence-electron chi connectivity index (χ3n) is 3.88. The number of hydrogen-bond acceptors (Lipinski definition) is 3. The molecular weight excluding hydrogens is 304 g/mol. The second-order valence-electron chi connectivity index (χ2n) is 5.36. The summed E-state index contributed by atoms with van der Waals surface area (Å²) in [7, 11) is 3.89. The van der Waals surface area contributed by atoms with E-state index in [-0.39, 0.29) is 0 Å². The van der Waals surface area contributed by atoms with Gasteiger partial charge in [-0.3, -0.25) is 0 Å². The molecule has 106 valence electrons. The quantitative estimate of drug-likeness (QED) is 0.919. The highest BCUT2D eigenvalue weighted by molar-refractivity contribution is 9.10. The predicted molar refractivity (Wildman–Crippen MR) is 82.8 cm³/mol. The Balaban J connectivity index is 1.96. The summed E-state index contributed by atoms with van der Waals surface area (Å²) in [5.41, 5.74) is 1.30. The summed E-state index contributed by atoms with van der Waals surface area (Å²) in [5.74, 6) is 0.884. The first-order valence-electron chi connectivity index (χ1n) is 6.88. The van der Waals surface area contributed by atoms with Gasteiger partial charge in [-0.2, -0.15) is 0 Å². The molecule has 3 nitrogen and oxygen atoms in total. The largest absolute Gasteiger partial charge is 0.496 e. The zero-order valence-corrected chi connectivity index (χ0v) is 13.5. The minimum atomic E-state index is 0.371. The molecule has 0 bridgehead atoms. The summed E-state index contributed by atoms with van der Waals surface area (Å²) in [5, 5.41) is 3.73. The third kappa shape index (κ3) is 3.94. The fraction of sp³-hybridized carbons (Fsp3) is 0.600. The number of piperidine rings is 1. The average molecular weight is 327 g/mol. The van der Waals surface area contributed by atoms with Gasteiger partial charge in [0.25, 0.3) is 0 Å². The summed E-state index contributed by atoms with van der Waals surface area (Å²) in [6.45, 7) is 4.61. The maximum atomic E-state index is 5.27. The van der Waals surface area contributed by atoms with E-state index < -0.39 is 0 Å². The van der Waals surface area contributed by atoms with E-state index in [1.54, 1.807) is 7.11 Å². The molecule has 1 N–H and O–H groups in total. The highest BCUT2D eigenvalue weighted by Gasteiger charge is 2.19. The summed E-state index contributed by atoms with van der Waals surface area (Å²) in [4.78, 5) is 2.40. The Morgan fingerprint density at radius 2 is 2.05 bits per heavy atom. The molecule has 0 aliphatic carbocycles. The molecule has 1 saturated heterocycles. The number of methoxy groups -OCH3 is 1. The molecule has 1 atom stereocenters. The van der Waals surface area contributed by atoms with Crippen molar-refractivity contribution in [1.82, 2.24) is 10.2 Å². The van der Waals surface area contributed by atoms with Crippen molar-refractivity contribution in [3.8, 4) is 5.75 Å². The molecule has 0 amide bonds. The van der Waals surface area contributed by atoms with E-state index in [1.807, 2.05) is 6.07 Å². The zero-order valence-electron chi connectivity index (χ0n) is 11.9. The molecule has 0 radical (unpaired) electrons. The van der Waals surface area contributed by atoms with Crippen LogP contribution in [0.4, 0.5) is 0 Å². The molecule has 1 unspecified atom stereocenters. The van der Waals surface area contributed by atoms with Crippen molar-refractivity contribution in [3.05, 3.63) is 28.2 Å². The van der Waals surface area contributed by atoms with Crippen molar-refractivity contribution in [2.24, 2.45) is 0 Å². The van der Waals surface area contributed by atoms with Crippen LogP contribution in [0.25, 0.3) is 0 Å². The molecule has 19 heavy (non-hydrogen) atoms. The molecular formula is C15H23BrN2O. The van der Waals surface area contributed by atoms with Gasteiger partial charge in [0.15, 0.2) is 0 Å². The summed E-state index contributed by atoms with van der Waals surface area (Å²) < 4.78 is 6.29. The number of hydrogen-bond donors (Lipinski definition) is 1. The van der Waals surface area contributed by atoms with Crippen LogP contribution in [-0.2, 0) is 0 Å². The van der Waals surface area contributed by atoms with E-state index in [4.69, 9.17) is 4.74 Å². The van der Waals surface area contributed by atoms with Crippen LogP contribution < -0.4 is 10.1 Å². The first-order valence-corrected chi connectivity index (χ1v) is 7.67. The molecule has 0 spiro atoms. The van der Waals surface area contributed by atoms with Crippen LogP contribution in [0.15, 0.2) is 22.7 Å². The molecule has 0 aromatic heterocycles. The molecule has 1 aliphatic heterocycles. The number of nitrogens with one attached hydrogen (secondary N) is 1. The van der Waals surface area contributed by atoms with Gasteiger partial charge < -0.3 is 15.0 Å². The van der Waals surface area contributed by atoms with E-state index in [2.05, 4.69) is 52.3 Å². The second kappa shape index (κ2) is 6.73. The van der Waals surface area contributed by atoms with Gasteiger partial charge in [-0.1, -0.05) is 6.07 Å². The Bertz CT molecular complexity index is 417. The highest BCUT2D eigenvalue weighted by Crippen LogP contribution is 2.28. The molecule has 4 heteroatoms. The molecule has 1 fully saturated rings. The lowest BCUT2D eigenvalue weighted by Crippen LogP contribution is -2.41. The second-order valence-corrected chi connectivity index (χ2v) is 6.21. The molecule has 1 aromatic rings. The standard InChI is InChI=1S/C15H23BrN2O/c1-11(17-13-6-8-18(2)9-7-13)12-4-5-15(19-3)14(16)10-12/h4-5,10-11,13,17H,6-9H2,1-3H3. The van der Waals surface area contributed by atoms with Crippen molar-refractivity contribution in [3.63, 3.8) is 0 Å². The van der Waals surface area contributed by atoms with Crippen molar-refractivity contribution >= 4 is 15.9 Å². The van der Waals surface area contributed by atoms with Crippen molar-refractivity contribution in [2.75, 3.05) is 27.2 Å². The molecule has 1 aromatic carbocycles. The fourth-order valence-electron chi connectivity index (χ4n) is 2.58. The van der Waals surface area contributed by atoms with Crippen LogP contribution >= 0.6 is 15.9 Å². The van der Waals surface area contributed by atoms with Gasteiger partial charge in [-0.25, -0.2) is 0 Å². The molecule has 2 rings (SSSR count). The van der Waals surface area contributed by atoms with E-state index >= 15 is 0 Å². The van der Waals surface area contributed by atoms with E-state index in [0.717, 1.165) is 10.2 Å². The SMILES string of the molecule is COc1ccc(C(C)NC2CCN(C)CC2)cc1Br. The molecule has 0 saturated carbocycles. The van der Waals surface area contributed by atoms with E-state index in [9.17, 15) is 0 Å². The van der Waals surface area contributed by atoms with Gasteiger partial charge >= 0.3 is 0 Å². The molecule has 1 aliphatic rings. The fourth-order valence-corrected chi connectivity index (χ4v) is 3.14. The Morgan fingerprint density at radius 1 is 1.37 bits per heavy atom. The number of nitrogens with zero attached hydrogens (tertiary/aromatic N) is 1. The molecule has 1 heterocycles. The van der Waals surface area contributed by atoms with Crippen molar-refractivity contribution in [2.45, 2.75) is 31.8 Å². The average Bonchev–Trinajstić information content (AvgIpc) is 2.41. The normalized spacial score (nSPS) is 19.4. The van der Waals surface area contributed by atoms with Crippen LogP contribution in [-0.4, -0.2) is 38.2 Å². The Labute approximate surface area is 124 Å². The summed E-state index contributed by atoms with van der Waals surface area (Å²) >= 11 is 3.55. The smallest absolute Gasteiger partial charge is 0.133 e. The number of benzene rings is 1. The van der Waals surface area contributed by atoms with Crippen LogP contribution in [0.3, 0.4) is 0 Å². The zero-order chi connectivity index (χ0) is 13.8. The summed E-state index contributed by atoms with van der Waals surface area (Å²) in [6, 6.07) is 7.30. The van der Waals surface area contributed by atoms with Crippen LogP contribution in [0.1, 0.15) is 31.4 Å². The number of halogens is 1. The lowest BCUT2D eigenvalue weighted by Gasteiger charge is -2.31. The topological polar surface area (TPSA) is 24.5 Å². The number of rotatable bonds is 4. The minimum absolute atomic E-state index is 0.371. The van der Waals surface area contributed by atoms with Crippen LogP contribution in [0, 0.1) is 0 Å². The predicted octanol–water partition coefficient (Wildman–Crippen LogP) is 3.20. The lowest BCUT2D eigenvalue weighted by atomic mass is 10.0. The van der Waals surface area contributed by atoms with Gasteiger partial charge in [0.05, 0.1) is 11.6 Å². The van der Waals surface area contributed by atoms with Crippen molar-refractivity contribution in [1.29, 1.82) is 0 Å². The maximum absolute atomic E-state index is 5.27. The minimum Gasteiger partial charge on any atom is -0.496 e.